The fourth-order valence-electron chi connectivity index (χ4n) is 1.08. The van der Waals surface area contributed by atoms with Crippen molar-refractivity contribution in [1.82, 2.24) is 0 Å². The second kappa shape index (κ2) is 5.96. The van der Waals surface area contributed by atoms with Crippen LogP contribution < -0.4 is 9.47 Å². The summed E-state index contributed by atoms with van der Waals surface area (Å²) in [4.78, 5) is -0.669. The van der Waals surface area contributed by atoms with Gasteiger partial charge in [0.15, 0.2) is 17.3 Å². The smallest absolute Gasteiger partial charge is 0.211 e. The van der Waals surface area contributed by atoms with E-state index in [0.717, 1.165) is 14.2 Å². The molecule has 0 unspecified atom stereocenters. The predicted molar refractivity (Wildman–Crippen MR) is 50.1 cm³/mol. The van der Waals surface area contributed by atoms with Crippen molar-refractivity contribution in [1.29, 1.82) is 0 Å². The summed E-state index contributed by atoms with van der Waals surface area (Å²) in [5.74, 6) is -5.80. The lowest BCUT2D eigenvalue weighted by molar-refractivity contribution is -0.432. The topological polar surface area (TPSA) is 57.2 Å². The highest BCUT2D eigenvalue weighted by Gasteiger charge is 2.27. The van der Waals surface area contributed by atoms with Crippen LogP contribution in [0.5, 0.6) is 11.5 Å². The number of benzene rings is 1. The van der Waals surface area contributed by atoms with Gasteiger partial charge in [0.1, 0.15) is 4.90 Å². The molecular formula is C8H7F3O5S. The SMILES string of the molecule is COc1c(F)c(F)c(SOOO)c(OC)c1F. The van der Waals surface area contributed by atoms with E-state index in [2.05, 4.69) is 18.8 Å². The van der Waals surface area contributed by atoms with E-state index >= 15 is 0 Å². The van der Waals surface area contributed by atoms with Crippen LogP contribution in [-0.4, -0.2) is 19.5 Å². The molecule has 0 radical (unpaired) electrons. The molecule has 1 N–H and O–H groups in total. The van der Waals surface area contributed by atoms with E-state index in [1.165, 1.54) is 0 Å². The standard InChI is InChI=1S/C8H7F3O5S/c1-13-6-3(9)4(10)8(17-16-15-12)7(14-2)5(6)11/h12H,1-2H3. The lowest BCUT2D eigenvalue weighted by Gasteiger charge is -2.12. The molecule has 9 heteroatoms. The summed E-state index contributed by atoms with van der Waals surface area (Å²) in [6.45, 7) is 0. The normalized spacial score (nSPS) is 10.5. The number of hydrogen-bond acceptors (Lipinski definition) is 6. The van der Waals surface area contributed by atoms with Crippen LogP contribution in [0.4, 0.5) is 13.2 Å². The molecule has 0 heterocycles. The summed E-state index contributed by atoms with van der Waals surface area (Å²) in [7, 11) is 2.01. The maximum atomic E-state index is 13.6. The minimum absolute atomic E-state index is 0.0380. The molecular weight excluding hydrogens is 265 g/mol. The maximum Gasteiger partial charge on any atom is 0.211 e. The van der Waals surface area contributed by atoms with E-state index in [9.17, 15) is 13.2 Å². The molecule has 0 aliphatic heterocycles. The van der Waals surface area contributed by atoms with Gasteiger partial charge < -0.3 is 9.47 Å². The zero-order valence-electron chi connectivity index (χ0n) is 8.62. The van der Waals surface area contributed by atoms with Gasteiger partial charge in [-0.25, -0.2) is 9.65 Å². The first-order valence-electron chi connectivity index (χ1n) is 4.01. The van der Waals surface area contributed by atoms with E-state index in [1.54, 1.807) is 0 Å². The molecule has 17 heavy (non-hydrogen) atoms. The molecule has 0 spiro atoms. The summed E-state index contributed by atoms with van der Waals surface area (Å²) in [5, 5.41) is 11.1. The van der Waals surface area contributed by atoms with Gasteiger partial charge in [-0.05, 0) is 0 Å². The summed E-state index contributed by atoms with van der Waals surface area (Å²) in [6.07, 6.45) is 0. The Morgan fingerprint density at radius 2 is 1.53 bits per heavy atom. The maximum absolute atomic E-state index is 13.6. The molecule has 0 bridgehead atoms. The molecule has 0 aliphatic carbocycles. The zero-order chi connectivity index (χ0) is 13.0. The minimum atomic E-state index is -1.55. The van der Waals surface area contributed by atoms with E-state index in [-0.39, 0.29) is 12.0 Å². The molecule has 96 valence electrons. The lowest BCUT2D eigenvalue weighted by atomic mass is 10.2. The number of methoxy groups -OCH3 is 2. The molecule has 0 saturated heterocycles. The quantitative estimate of drug-likeness (QED) is 0.385. The van der Waals surface area contributed by atoms with Gasteiger partial charge in [-0.3, -0.25) is 0 Å². The fourth-order valence-corrected chi connectivity index (χ4v) is 1.59. The highest BCUT2D eigenvalue weighted by Crippen LogP contribution is 2.41. The fraction of sp³-hybridized carbons (Fsp3) is 0.250. The van der Waals surface area contributed by atoms with Crippen molar-refractivity contribution in [2.45, 2.75) is 4.90 Å². The van der Waals surface area contributed by atoms with Crippen LogP contribution in [0.1, 0.15) is 0 Å². The van der Waals surface area contributed by atoms with Crippen LogP contribution in [0.3, 0.4) is 0 Å². The number of halogens is 3. The van der Waals surface area contributed by atoms with Gasteiger partial charge in [0.25, 0.3) is 0 Å². The van der Waals surface area contributed by atoms with Crippen LogP contribution in [-0.2, 0) is 9.37 Å². The molecule has 0 amide bonds. The molecule has 1 aromatic carbocycles. The highest BCUT2D eigenvalue weighted by atomic mass is 32.2. The van der Waals surface area contributed by atoms with E-state index in [1.807, 2.05) is 0 Å². The molecule has 0 aromatic heterocycles. The van der Waals surface area contributed by atoms with Crippen molar-refractivity contribution in [3.8, 4) is 11.5 Å². The van der Waals surface area contributed by atoms with Crippen molar-refractivity contribution in [3.05, 3.63) is 17.5 Å². The Balaban J connectivity index is 3.37. The average molecular weight is 272 g/mol. The first-order chi connectivity index (χ1) is 8.08. The number of ether oxygens (including phenoxy) is 2. The minimum Gasteiger partial charge on any atom is -0.492 e. The van der Waals surface area contributed by atoms with Crippen molar-refractivity contribution in [2.75, 3.05) is 14.2 Å². The Bertz CT molecular complexity index is 415. The molecule has 5 nitrogen and oxygen atoms in total. The van der Waals surface area contributed by atoms with Gasteiger partial charge in [0.05, 0.1) is 26.3 Å². The van der Waals surface area contributed by atoms with E-state index in [4.69, 9.17) is 5.26 Å². The van der Waals surface area contributed by atoms with Gasteiger partial charge >= 0.3 is 0 Å². The Hall–Kier alpha value is -1.16. The molecule has 0 fully saturated rings. The number of rotatable bonds is 5. The molecule has 0 atom stereocenters. The van der Waals surface area contributed by atoms with Crippen LogP contribution in [0.2, 0.25) is 0 Å². The van der Waals surface area contributed by atoms with Gasteiger partial charge in [-0.2, -0.15) is 8.78 Å². The van der Waals surface area contributed by atoms with Gasteiger partial charge in [-0.15, -0.1) is 4.33 Å². The van der Waals surface area contributed by atoms with Crippen LogP contribution in [0.25, 0.3) is 0 Å². The van der Waals surface area contributed by atoms with Gasteiger partial charge in [-0.1, -0.05) is 5.04 Å². The van der Waals surface area contributed by atoms with Crippen molar-refractivity contribution in [2.24, 2.45) is 0 Å². The predicted octanol–water partition coefficient (Wildman–Crippen LogP) is 2.55. The summed E-state index contributed by atoms with van der Waals surface area (Å²) >= 11 is 0.0380. The molecule has 0 saturated carbocycles. The van der Waals surface area contributed by atoms with E-state index in [0.29, 0.717) is 0 Å². The second-order valence-corrected chi connectivity index (χ2v) is 3.27. The zero-order valence-corrected chi connectivity index (χ0v) is 9.44. The Morgan fingerprint density at radius 3 is 2.00 bits per heavy atom. The second-order valence-electron chi connectivity index (χ2n) is 2.56. The van der Waals surface area contributed by atoms with Crippen LogP contribution in [0, 0.1) is 17.5 Å². The first-order valence-corrected chi connectivity index (χ1v) is 4.75. The Kier molecular flexibility index (Phi) is 4.87. The van der Waals surface area contributed by atoms with E-state index < -0.39 is 33.8 Å². The molecule has 0 aliphatic rings. The largest absolute Gasteiger partial charge is 0.492 e. The van der Waals surface area contributed by atoms with Crippen LogP contribution >= 0.6 is 12.0 Å². The van der Waals surface area contributed by atoms with Crippen molar-refractivity contribution in [3.63, 3.8) is 0 Å². The van der Waals surface area contributed by atoms with Crippen molar-refractivity contribution >= 4 is 12.0 Å². The molecule has 1 rings (SSSR count). The third-order valence-electron chi connectivity index (χ3n) is 1.75. The third kappa shape index (κ3) is 2.57. The first kappa shape index (κ1) is 13.9. The van der Waals surface area contributed by atoms with Crippen molar-refractivity contribution < 1.29 is 37.3 Å². The van der Waals surface area contributed by atoms with Crippen LogP contribution in [0.15, 0.2) is 4.90 Å². The molecule has 1 aromatic rings. The third-order valence-corrected chi connectivity index (χ3v) is 2.41. The average Bonchev–Trinajstić information content (AvgIpc) is 2.32. The number of hydrogen-bond donors (Lipinski definition) is 1. The van der Waals surface area contributed by atoms with Gasteiger partial charge in [0, 0.05) is 0 Å². The van der Waals surface area contributed by atoms with Gasteiger partial charge in [0.2, 0.25) is 11.6 Å². The monoisotopic (exact) mass is 272 g/mol. The Labute approximate surface area is 98.1 Å². The Morgan fingerprint density at radius 1 is 0.941 bits per heavy atom. The highest BCUT2D eigenvalue weighted by molar-refractivity contribution is 7.94. The summed E-state index contributed by atoms with van der Waals surface area (Å²) in [6, 6.07) is 0. The summed E-state index contributed by atoms with van der Waals surface area (Å²) in [5.41, 5.74) is 0. The lowest BCUT2D eigenvalue weighted by Crippen LogP contribution is -2.03. The summed E-state index contributed by atoms with van der Waals surface area (Å²) < 4.78 is 53.1.